The number of Topliss-reactive ketones (excluding diaryl/α,β-unsaturated/α-hetero) is 1. The van der Waals surface area contributed by atoms with E-state index in [4.69, 9.17) is 0 Å². The zero-order valence-corrected chi connectivity index (χ0v) is 16.8. The highest BCUT2D eigenvalue weighted by molar-refractivity contribution is 8.13. The zero-order chi connectivity index (χ0) is 26.7. The zero-order valence-electron chi connectivity index (χ0n) is 13.5. The first-order valence-corrected chi connectivity index (χ1v) is 12.3. The highest BCUT2D eigenvalue weighted by Crippen LogP contribution is 2.42. The molecular weight excluding hydrogens is 584 g/mol. The first-order valence-electron chi connectivity index (χ1n) is 6.14. The van der Waals surface area contributed by atoms with Gasteiger partial charge in [-0.05, 0) is 0 Å². The topological polar surface area (TPSA) is 154 Å². The van der Waals surface area contributed by atoms with Crippen LogP contribution >= 0.6 is 0 Å². The standard InChI is InChI=1S/C7H2F12O9S4/c8-4(9,10)29(21,22)2(30(23,24)5(11,12)13)1(20)3(31(25,26)6(14,15)16)32(27,28)7(17,18)19/h2-3H. The Kier molecular flexibility index (Phi) is 7.51. The summed E-state index contributed by atoms with van der Waals surface area (Å²) < 4.78 is 228. The number of halogens is 12. The van der Waals surface area contributed by atoms with E-state index in [9.17, 15) is 91.2 Å². The lowest BCUT2D eigenvalue weighted by atomic mass is 10.5. The van der Waals surface area contributed by atoms with E-state index in [1.165, 1.54) is 0 Å². The molecule has 0 saturated heterocycles. The molecular formula is C7H2F12O9S4. The number of sulfone groups is 4. The Bertz CT molecular complexity index is 997. The summed E-state index contributed by atoms with van der Waals surface area (Å²) in [5.74, 6) is -4.77. The minimum Gasteiger partial charge on any atom is -0.294 e. The Labute approximate surface area is 168 Å². The Morgan fingerprint density at radius 1 is 0.406 bits per heavy atom. The second-order valence-corrected chi connectivity index (χ2v) is 13.7. The Morgan fingerprint density at radius 3 is 0.625 bits per heavy atom. The van der Waals surface area contributed by atoms with Crippen LogP contribution in [0.2, 0.25) is 0 Å². The fraction of sp³-hybridized carbons (Fsp3) is 0.857. The summed E-state index contributed by atoms with van der Waals surface area (Å²) >= 11 is 0. The van der Waals surface area contributed by atoms with Gasteiger partial charge in [0.25, 0.3) is 39.3 Å². The van der Waals surface area contributed by atoms with Crippen LogP contribution in [0, 0.1) is 0 Å². The van der Waals surface area contributed by atoms with E-state index in [0.717, 1.165) is 0 Å². The van der Waals surface area contributed by atoms with Crippen LogP contribution in [-0.2, 0) is 44.1 Å². The molecule has 0 saturated carbocycles. The Morgan fingerprint density at radius 2 is 0.531 bits per heavy atom. The third kappa shape index (κ3) is 4.92. The molecule has 0 rings (SSSR count). The van der Waals surface area contributed by atoms with Gasteiger partial charge in [0.2, 0.25) is 14.9 Å². The summed E-state index contributed by atoms with van der Waals surface area (Å²) in [6.07, 6.45) is 0. The number of carbonyl (C=O) groups is 1. The number of rotatable bonds is 6. The maximum absolute atomic E-state index is 12.6. The van der Waals surface area contributed by atoms with Gasteiger partial charge in [-0.15, -0.1) is 0 Å². The number of hydrogen-bond donors (Lipinski definition) is 0. The molecule has 0 aliphatic carbocycles. The number of ketones is 1. The van der Waals surface area contributed by atoms with Gasteiger partial charge in [0.15, 0.2) is 0 Å². The maximum atomic E-state index is 12.6. The summed E-state index contributed by atoms with van der Waals surface area (Å²) in [4.78, 5) is 11.7. The molecule has 9 nitrogen and oxygen atoms in total. The lowest BCUT2D eigenvalue weighted by Gasteiger charge is -2.25. The quantitative estimate of drug-likeness (QED) is 0.414. The summed E-state index contributed by atoms with van der Waals surface area (Å²) in [6, 6.07) is 0. The van der Waals surface area contributed by atoms with Gasteiger partial charge < -0.3 is 0 Å². The van der Waals surface area contributed by atoms with Gasteiger partial charge in [-0.2, -0.15) is 52.7 Å². The molecule has 32 heavy (non-hydrogen) atoms. The molecule has 0 amide bonds. The van der Waals surface area contributed by atoms with E-state index in [1.807, 2.05) is 0 Å². The second kappa shape index (κ2) is 7.85. The first kappa shape index (κ1) is 30.6. The van der Waals surface area contributed by atoms with Gasteiger partial charge in [0.05, 0.1) is 0 Å². The molecule has 0 aromatic heterocycles. The lowest BCUT2D eigenvalue weighted by molar-refractivity contribution is -0.117. The molecule has 0 spiro atoms. The highest BCUT2D eigenvalue weighted by Gasteiger charge is 2.73. The minimum absolute atomic E-state index is 4.77. The molecule has 0 unspecified atom stereocenters. The lowest BCUT2D eigenvalue weighted by Crippen LogP contribution is -2.58. The van der Waals surface area contributed by atoms with Crippen LogP contribution in [0.3, 0.4) is 0 Å². The van der Waals surface area contributed by atoms with Crippen molar-refractivity contribution in [2.75, 3.05) is 0 Å². The van der Waals surface area contributed by atoms with Crippen molar-refractivity contribution in [3.63, 3.8) is 0 Å². The average Bonchev–Trinajstić information content (AvgIpc) is 2.40. The van der Waals surface area contributed by atoms with Gasteiger partial charge in [-0.1, -0.05) is 0 Å². The van der Waals surface area contributed by atoms with Crippen LogP contribution in [0.5, 0.6) is 0 Å². The van der Waals surface area contributed by atoms with Crippen molar-refractivity contribution in [3.05, 3.63) is 0 Å². The van der Waals surface area contributed by atoms with Gasteiger partial charge in [-0.25, -0.2) is 33.7 Å². The van der Waals surface area contributed by atoms with Crippen LogP contribution in [0.1, 0.15) is 0 Å². The van der Waals surface area contributed by atoms with Gasteiger partial charge >= 0.3 is 22.0 Å². The molecule has 0 radical (unpaired) electrons. The van der Waals surface area contributed by atoms with E-state index in [-0.39, 0.29) is 0 Å². The van der Waals surface area contributed by atoms with E-state index in [0.29, 0.717) is 0 Å². The fourth-order valence-corrected chi connectivity index (χ4v) is 8.60. The SMILES string of the molecule is O=C(C(S(=O)(=O)C(F)(F)F)S(=O)(=O)C(F)(F)F)C(S(=O)(=O)C(F)(F)F)S(=O)(=O)C(F)(F)F. The van der Waals surface area contributed by atoms with Crippen LogP contribution in [0.15, 0.2) is 0 Å². The Hall–Kier alpha value is -1.37. The fourth-order valence-electron chi connectivity index (χ4n) is 1.54. The first-order chi connectivity index (χ1) is 13.4. The summed E-state index contributed by atoms with van der Waals surface area (Å²) in [6.45, 7) is 0. The summed E-state index contributed by atoms with van der Waals surface area (Å²) in [7, 11) is -33.4. The van der Waals surface area contributed by atoms with Crippen molar-refractivity contribution in [3.8, 4) is 0 Å². The van der Waals surface area contributed by atoms with Crippen molar-refractivity contribution in [2.24, 2.45) is 0 Å². The van der Waals surface area contributed by atoms with Crippen LogP contribution in [0.25, 0.3) is 0 Å². The molecule has 25 heteroatoms. The van der Waals surface area contributed by atoms with Crippen LogP contribution in [-0.4, -0.2) is 70.7 Å². The normalized spacial score (nSPS) is 15.9. The average molecular weight is 586 g/mol. The minimum atomic E-state index is -8.36. The van der Waals surface area contributed by atoms with Crippen molar-refractivity contribution < 1.29 is 91.2 Å². The van der Waals surface area contributed by atoms with Crippen molar-refractivity contribution in [2.45, 2.75) is 31.2 Å². The van der Waals surface area contributed by atoms with Gasteiger partial charge in [0.1, 0.15) is 0 Å². The molecule has 0 atom stereocenters. The van der Waals surface area contributed by atoms with E-state index in [1.54, 1.807) is 0 Å². The molecule has 0 N–H and O–H groups in total. The monoisotopic (exact) mass is 586 g/mol. The van der Waals surface area contributed by atoms with Crippen LogP contribution in [0.4, 0.5) is 52.7 Å². The molecule has 0 aliphatic heterocycles. The number of alkyl halides is 12. The van der Waals surface area contributed by atoms with Crippen molar-refractivity contribution >= 4 is 45.1 Å². The summed E-state index contributed by atoms with van der Waals surface area (Å²) in [5, 5.41) is 0. The second-order valence-electron chi connectivity index (χ2n) is 5.03. The van der Waals surface area contributed by atoms with E-state index < -0.39 is 76.3 Å². The number of hydrogen-bond acceptors (Lipinski definition) is 9. The Balaban J connectivity index is 7.85. The third-order valence-electron chi connectivity index (χ3n) is 2.88. The molecule has 0 aliphatic rings. The number of carbonyl (C=O) groups excluding carboxylic acids is 1. The van der Waals surface area contributed by atoms with Crippen molar-refractivity contribution in [1.82, 2.24) is 0 Å². The van der Waals surface area contributed by atoms with E-state index >= 15 is 0 Å². The molecule has 0 heterocycles. The van der Waals surface area contributed by atoms with E-state index in [2.05, 4.69) is 0 Å². The molecule has 0 aromatic rings. The molecule has 0 fully saturated rings. The van der Waals surface area contributed by atoms with Gasteiger partial charge in [0, 0.05) is 0 Å². The predicted octanol–water partition coefficient (Wildman–Crippen LogP) is 0.946. The maximum Gasteiger partial charge on any atom is 0.499 e. The largest absolute Gasteiger partial charge is 0.499 e. The molecule has 0 aromatic carbocycles. The predicted molar refractivity (Wildman–Crippen MR) is 72.5 cm³/mol. The molecule has 192 valence electrons. The molecule has 0 bridgehead atoms. The van der Waals surface area contributed by atoms with Crippen molar-refractivity contribution in [1.29, 1.82) is 0 Å². The summed E-state index contributed by atoms with van der Waals surface area (Å²) in [5.41, 5.74) is -29.4. The highest BCUT2D eigenvalue weighted by atomic mass is 32.3. The smallest absolute Gasteiger partial charge is 0.294 e. The van der Waals surface area contributed by atoms with Crippen LogP contribution < -0.4 is 0 Å². The van der Waals surface area contributed by atoms with Gasteiger partial charge in [-0.3, -0.25) is 4.79 Å². The third-order valence-corrected chi connectivity index (χ3v) is 11.7.